The van der Waals surface area contributed by atoms with Crippen molar-refractivity contribution in [1.82, 2.24) is 10.4 Å². The normalized spacial score (nSPS) is 11.7. The summed E-state index contributed by atoms with van der Waals surface area (Å²) in [5, 5.41) is 5.49. The highest BCUT2D eigenvalue weighted by Crippen LogP contribution is 2.25. The van der Waals surface area contributed by atoms with E-state index in [1.165, 1.54) is 11.8 Å². The fourth-order valence-electron chi connectivity index (χ4n) is 1.40. The van der Waals surface area contributed by atoms with Crippen molar-refractivity contribution in [3.05, 3.63) is 36.5 Å². The Balaban J connectivity index is 2.41. The summed E-state index contributed by atoms with van der Waals surface area (Å²) in [4.78, 5) is 5.34. The Bertz CT molecular complexity index is 519. The van der Waals surface area contributed by atoms with Gasteiger partial charge in [-0.3, -0.25) is 4.98 Å². The van der Waals surface area contributed by atoms with Crippen molar-refractivity contribution in [2.45, 2.75) is 4.90 Å². The molecule has 0 aliphatic carbocycles. The second-order valence-corrected chi connectivity index (χ2v) is 4.16. The zero-order valence-corrected chi connectivity index (χ0v) is 9.66. The number of hydrogen-bond donors (Lipinski definition) is 2. The van der Waals surface area contributed by atoms with E-state index >= 15 is 0 Å². The highest BCUT2D eigenvalue weighted by Gasteiger charge is 2.03. The minimum absolute atomic E-state index is 0.485. The Morgan fingerprint density at radius 3 is 3.00 bits per heavy atom. The molecule has 4 nitrogen and oxygen atoms in total. The quantitative estimate of drug-likeness (QED) is 0.358. The lowest BCUT2D eigenvalue weighted by molar-refractivity contribution is 0.903. The summed E-state index contributed by atoms with van der Waals surface area (Å²) in [7, 11) is 1.72. The van der Waals surface area contributed by atoms with Crippen molar-refractivity contribution in [2.24, 2.45) is 10.8 Å². The average Bonchev–Trinajstić information content (AvgIpc) is 2.30. The Kier molecular flexibility index (Phi) is 3.26. The second-order valence-electron chi connectivity index (χ2n) is 3.10. The molecule has 3 N–H and O–H groups in total. The standard InChI is InChI=1S/C11H12N4S/c1-13-15-11(12)16-10-6-7-14-9-5-3-2-4-8(9)10/h2-7,13H,1H3,(H2,12,15). The van der Waals surface area contributed by atoms with Gasteiger partial charge in [0.25, 0.3) is 0 Å². The van der Waals surface area contributed by atoms with Crippen LogP contribution in [0, 0.1) is 0 Å². The number of rotatable bonds is 2. The van der Waals surface area contributed by atoms with Crippen LogP contribution in [0.2, 0.25) is 0 Å². The smallest absolute Gasteiger partial charge is 0.182 e. The molecule has 1 aromatic heterocycles. The van der Waals surface area contributed by atoms with Crippen LogP contribution in [-0.4, -0.2) is 17.2 Å². The van der Waals surface area contributed by atoms with E-state index in [9.17, 15) is 0 Å². The molecule has 2 rings (SSSR count). The number of pyridine rings is 1. The summed E-state index contributed by atoms with van der Waals surface area (Å²) in [6.45, 7) is 0. The molecule has 5 heteroatoms. The summed E-state index contributed by atoms with van der Waals surface area (Å²) in [5.74, 6) is 0. The van der Waals surface area contributed by atoms with E-state index in [1.54, 1.807) is 13.2 Å². The minimum Gasteiger partial charge on any atom is -0.377 e. The van der Waals surface area contributed by atoms with Gasteiger partial charge in [-0.1, -0.05) is 18.2 Å². The number of amidine groups is 1. The van der Waals surface area contributed by atoms with E-state index in [1.807, 2.05) is 30.3 Å². The largest absolute Gasteiger partial charge is 0.377 e. The molecule has 2 aromatic rings. The van der Waals surface area contributed by atoms with Crippen LogP contribution >= 0.6 is 11.8 Å². The number of nitrogens with zero attached hydrogens (tertiary/aromatic N) is 2. The topological polar surface area (TPSA) is 63.3 Å². The lowest BCUT2D eigenvalue weighted by atomic mass is 10.2. The van der Waals surface area contributed by atoms with Gasteiger partial charge in [0.05, 0.1) is 5.52 Å². The number of thioether (sulfide) groups is 1. The number of hydrogen-bond acceptors (Lipinski definition) is 4. The minimum atomic E-state index is 0.485. The molecule has 0 amide bonds. The Morgan fingerprint density at radius 2 is 2.19 bits per heavy atom. The summed E-state index contributed by atoms with van der Waals surface area (Å²) in [6, 6.07) is 9.89. The summed E-state index contributed by atoms with van der Waals surface area (Å²) >= 11 is 1.42. The molecule has 0 saturated heterocycles. The third kappa shape index (κ3) is 2.25. The van der Waals surface area contributed by atoms with Crippen LogP contribution < -0.4 is 11.2 Å². The van der Waals surface area contributed by atoms with Gasteiger partial charge in [-0.15, -0.1) is 0 Å². The van der Waals surface area contributed by atoms with E-state index < -0.39 is 0 Å². The predicted octanol–water partition coefficient (Wildman–Crippen LogP) is 1.78. The van der Waals surface area contributed by atoms with Gasteiger partial charge in [0.1, 0.15) is 0 Å². The summed E-state index contributed by atoms with van der Waals surface area (Å²) < 4.78 is 0. The third-order valence-electron chi connectivity index (χ3n) is 2.05. The van der Waals surface area contributed by atoms with Crippen LogP contribution in [0.4, 0.5) is 0 Å². The van der Waals surface area contributed by atoms with Crippen LogP contribution in [0.15, 0.2) is 46.5 Å². The summed E-state index contributed by atoms with van der Waals surface area (Å²) in [6.07, 6.45) is 1.78. The molecule has 0 unspecified atom stereocenters. The molecule has 1 aromatic carbocycles. The number of nitrogens with one attached hydrogen (secondary N) is 1. The van der Waals surface area contributed by atoms with Gasteiger partial charge in [-0.05, 0) is 23.9 Å². The van der Waals surface area contributed by atoms with Crippen molar-refractivity contribution in [1.29, 1.82) is 0 Å². The van der Waals surface area contributed by atoms with Gasteiger partial charge >= 0.3 is 0 Å². The fourth-order valence-corrected chi connectivity index (χ4v) is 2.18. The lowest BCUT2D eigenvalue weighted by Crippen LogP contribution is -2.11. The van der Waals surface area contributed by atoms with Crippen LogP contribution in [0.5, 0.6) is 0 Å². The van der Waals surface area contributed by atoms with Gasteiger partial charge < -0.3 is 11.2 Å². The lowest BCUT2D eigenvalue weighted by Gasteiger charge is -2.04. The van der Waals surface area contributed by atoms with Crippen LogP contribution in [0.1, 0.15) is 0 Å². The average molecular weight is 232 g/mol. The second kappa shape index (κ2) is 4.85. The highest BCUT2D eigenvalue weighted by atomic mass is 32.2. The molecule has 16 heavy (non-hydrogen) atoms. The van der Waals surface area contributed by atoms with Crippen LogP contribution in [0.25, 0.3) is 10.9 Å². The van der Waals surface area contributed by atoms with Gasteiger partial charge in [0, 0.05) is 23.5 Å². The Hall–Kier alpha value is -1.75. The highest BCUT2D eigenvalue weighted by molar-refractivity contribution is 8.14. The maximum atomic E-state index is 5.74. The Morgan fingerprint density at radius 1 is 1.38 bits per heavy atom. The van der Waals surface area contributed by atoms with Gasteiger partial charge in [-0.25, -0.2) is 0 Å². The third-order valence-corrected chi connectivity index (χ3v) is 2.92. The molecule has 0 aliphatic heterocycles. The first-order chi connectivity index (χ1) is 7.81. The monoisotopic (exact) mass is 232 g/mol. The molecule has 0 aliphatic rings. The first-order valence-corrected chi connectivity index (χ1v) is 5.64. The van der Waals surface area contributed by atoms with Gasteiger partial charge in [0.2, 0.25) is 0 Å². The number of benzene rings is 1. The van der Waals surface area contributed by atoms with Crippen molar-refractivity contribution in [3.8, 4) is 0 Å². The molecule has 0 bridgehead atoms. The van der Waals surface area contributed by atoms with Crippen molar-refractivity contribution in [2.75, 3.05) is 7.05 Å². The molecule has 0 saturated carbocycles. The van der Waals surface area contributed by atoms with Gasteiger partial charge in [-0.2, -0.15) is 5.10 Å². The van der Waals surface area contributed by atoms with E-state index in [0.29, 0.717) is 5.17 Å². The van der Waals surface area contributed by atoms with Crippen LogP contribution in [0.3, 0.4) is 0 Å². The Labute approximate surface area is 97.9 Å². The molecular weight excluding hydrogens is 220 g/mol. The molecular formula is C11H12N4S. The van der Waals surface area contributed by atoms with Crippen molar-refractivity contribution in [3.63, 3.8) is 0 Å². The first-order valence-electron chi connectivity index (χ1n) is 4.83. The molecule has 0 fully saturated rings. The molecule has 0 radical (unpaired) electrons. The molecule has 0 atom stereocenters. The number of nitrogens with two attached hydrogens (primary N) is 1. The number of para-hydroxylation sites is 1. The van der Waals surface area contributed by atoms with E-state index in [2.05, 4.69) is 15.5 Å². The number of aromatic nitrogens is 1. The van der Waals surface area contributed by atoms with Crippen LogP contribution in [-0.2, 0) is 0 Å². The molecule has 0 spiro atoms. The van der Waals surface area contributed by atoms with E-state index in [4.69, 9.17) is 5.73 Å². The molecule has 1 heterocycles. The number of hydrazone groups is 1. The summed E-state index contributed by atoms with van der Waals surface area (Å²) in [5.41, 5.74) is 9.36. The van der Waals surface area contributed by atoms with E-state index in [0.717, 1.165) is 15.8 Å². The maximum absolute atomic E-state index is 5.74. The van der Waals surface area contributed by atoms with Crippen molar-refractivity contribution >= 4 is 27.8 Å². The fraction of sp³-hybridized carbons (Fsp3) is 0.0909. The van der Waals surface area contributed by atoms with Gasteiger partial charge in [0.15, 0.2) is 5.17 Å². The number of fused-ring (bicyclic) bond motifs is 1. The first kappa shape index (κ1) is 10.8. The predicted molar refractivity (Wildman–Crippen MR) is 68.3 cm³/mol. The van der Waals surface area contributed by atoms with E-state index in [-0.39, 0.29) is 0 Å². The SMILES string of the molecule is CN/N=C(\N)Sc1ccnc2ccccc12. The zero-order chi connectivity index (χ0) is 11.4. The van der Waals surface area contributed by atoms with Crippen molar-refractivity contribution < 1.29 is 0 Å². The zero-order valence-electron chi connectivity index (χ0n) is 8.84. The molecule has 82 valence electrons. The maximum Gasteiger partial charge on any atom is 0.182 e.